The van der Waals surface area contributed by atoms with E-state index in [9.17, 15) is 4.79 Å². The largest absolute Gasteiger partial charge is 0.493 e. The van der Waals surface area contributed by atoms with Crippen molar-refractivity contribution in [1.29, 1.82) is 0 Å². The van der Waals surface area contributed by atoms with Crippen LogP contribution in [-0.4, -0.2) is 19.8 Å². The number of rotatable bonds is 6. The predicted molar refractivity (Wildman–Crippen MR) is 110 cm³/mol. The van der Waals surface area contributed by atoms with Gasteiger partial charge in [0.15, 0.2) is 23.0 Å². The highest BCUT2D eigenvalue weighted by atomic mass is 16.7. The Hall–Kier alpha value is -3.93. The molecule has 0 saturated carbocycles. The van der Waals surface area contributed by atoms with Gasteiger partial charge >= 0.3 is 0 Å². The first-order valence-corrected chi connectivity index (χ1v) is 9.01. The van der Waals surface area contributed by atoms with Crippen LogP contribution >= 0.6 is 0 Å². The standard InChI is InChI=1S/C23H19NO5/c1-26-19-4-2-3-5-21(19)29-18-10-8-17(9-11-18)24-23(25)13-7-16-6-12-20-22(14-16)28-15-27-20/h2-14H,15H2,1H3,(H,24,25)/b13-7+. The second kappa shape index (κ2) is 8.39. The highest BCUT2D eigenvalue weighted by Crippen LogP contribution is 2.33. The molecule has 0 radical (unpaired) electrons. The second-order valence-corrected chi connectivity index (χ2v) is 6.21. The maximum atomic E-state index is 12.2. The number of amides is 1. The van der Waals surface area contributed by atoms with Gasteiger partial charge in [0.05, 0.1) is 7.11 Å². The van der Waals surface area contributed by atoms with Crippen molar-refractivity contribution in [3.63, 3.8) is 0 Å². The van der Waals surface area contributed by atoms with Crippen LogP contribution in [-0.2, 0) is 4.79 Å². The monoisotopic (exact) mass is 389 g/mol. The van der Waals surface area contributed by atoms with Gasteiger partial charge in [-0.25, -0.2) is 0 Å². The van der Waals surface area contributed by atoms with E-state index in [1.807, 2.05) is 42.5 Å². The fraction of sp³-hybridized carbons (Fsp3) is 0.0870. The van der Waals surface area contributed by atoms with Gasteiger partial charge in [0.1, 0.15) is 5.75 Å². The fourth-order valence-electron chi connectivity index (χ4n) is 2.81. The highest BCUT2D eigenvalue weighted by molar-refractivity contribution is 6.02. The van der Waals surface area contributed by atoms with Crippen LogP contribution in [0.25, 0.3) is 6.08 Å². The normalized spacial score (nSPS) is 12.0. The first-order chi connectivity index (χ1) is 14.2. The minimum atomic E-state index is -0.235. The number of benzene rings is 3. The van der Waals surface area contributed by atoms with Crippen LogP contribution in [0, 0.1) is 0 Å². The number of nitrogens with one attached hydrogen (secondary N) is 1. The van der Waals surface area contributed by atoms with E-state index in [0.717, 1.165) is 5.56 Å². The Labute approximate surface area is 168 Å². The lowest BCUT2D eigenvalue weighted by atomic mass is 10.2. The molecular weight excluding hydrogens is 370 g/mol. The number of para-hydroxylation sites is 2. The van der Waals surface area contributed by atoms with Gasteiger partial charge in [-0.3, -0.25) is 4.79 Å². The summed E-state index contributed by atoms with van der Waals surface area (Å²) in [7, 11) is 1.60. The molecule has 3 aromatic rings. The van der Waals surface area contributed by atoms with Crippen LogP contribution in [0.4, 0.5) is 5.69 Å². The predicted octanol–water partition coefficient (Wildman–Crippen LogP) is 4.87. The number of carbonyl (C=O) groups excluding carboxylic acids is 1. The summed E-state index contributed by atoms with van der Waals surface area (Å²) in [4.78, 5) is 12.2. The highest BCUT2D eigenvalue weighted by Gasteiger charge is 2.12. The van der Waals surface area contributed by atoms with E-state index < -0.39 is 0 Å². The molecule has 0 fully saturated rings. The lowest BCUT2D eigenvalue weighted by Crippen LogP contribution is -2.07. The van der Waals surface area contributed by atoms with Crippen molar-refractivity contribution in [2.24, 2.45) is 0 Å². The van der Waals surface area contributed by atoms with E-state index in [1.165, 1.54) is 6.08 Å². The maximum absolute atomic E-state index is 12.2. The van der Waals surface area contributed by atoms with Crippen molar-refractivity contribution in [3.8, 4) is 28.7 Å². The Morgan fingerprint density at radius 3 is 2.52 bits per heavy atom. The molecule has 6 nitrogen and oxygen atoms in total. The number of ether oxygens (including phenoxy) is 4. The van der Waals surface area contributed by atoms with Gasteiger partial charge in [0.25, 0.3) is 0 Å². The summed E-state index contributed by atoms with van der Waals surface area (Å²) in [5.74, 6) is 3.07. The number of fused-ring (bicyclic) bond motifs is 1. The van der Waals surface area contributed by atoms with Crippen LogP contribution in [0.2, 0.25) is 0 Å². The van der Waals surface area contributed by atoms with Crippen LogP contribution < -0.4 is 24.3 Å². The van der Waals surface area contributed by atoms with Crippen molar-refractivity contribution in [2.75, 3.05) is 19.2 Å². The molecule has 4 rings (SSSR count). The van der Waals surface area contributed by atoms with Crippen LogP contribution in [0.3, 0.4) is 0 Å². The topological polar surface area (TPSA) is 66.0 Å². The van der Waals surface area contributed by atoms with Gasteiger partial charge in [-0.15, -0.1) is 0 Å². The fourth-order valence-corrected chi connectivity index (χ4v) is 2.81. The SMILES string of the molecule is COc1ccccc1Oc1ccc(NC(=O)/C=C/c2ccc3c(c2)OCO3)cc1. The minimum Gasteiger partial charge on any atom is -0.493 e. The molecule has 1 heterocycles. The van der Waals surface area contributed by atoms with Crippen LogP contribution in [0.1, 0.15) is 5.56 Å². The van der Waals surface area contributed by atoms with Crippen molar-refractivity contribution >= 4 is 17.7 Å². The zero-order valence-corrected chi connectivity index (χ0v) is 15.8. The van der Waals surface area contributed by atoms with Gasteiger partial charge in [-0.1, -0.05) is 18.2 Å². The van der Waals surface area contributed by atoms with E-state index in [2.05, 4.69) is 5.32 Å². The summed E-state index contributed by atoms with van der Waals surface area (Å²) < 4.78 is 21.7. The summed E-state index contributed by atoms with van der Waals surface area (Å²) >= 11 is 0. The summed E-state index contributed by atoms with van der Waals surface area (Å²) in [6.07, 6.45) is 3.19. The van der Waals surface area contributed by atoms with Crippen molar-refractivity contribution in [1.82, 2.24) is 0 Å². The molecule has 0 aromatic heterocycles. The first kappa shape index (κ1) is 18.4. The van der Waals surface area contributed by atoms with E-state index in [0.29, 0.717) is 34.4 Å². The average molecular weight is 389 g/mol. The van der Waals surface area contributed by atoms with Crippen LogP contribution in [0.15, 0.2) is 72.8 Å². The quantitative estimate of drug-likeness (QED) is 0.610. The third-order valence-electron chi connectivity index (χ3n) is 4.24. The minimum absolute atomic E-state index is 0.222. The van der Waals surface area contributed by atoms with Gasteiger partial charge in [-0.05, 0) is 60.2 Å². The number of methoxy groups -OCH3 is 1. The summed E-state index contributed by atoms with van der Waals surface area (Å²) in [6, 6.07) is 20.0. The molecule has 1 N–H and O–H groups in total. The number of anilines is 1. The lowest BCUT2D eigenvalue weighted by molar-refractivity contribution is -0.111. The molecule has 1 aliphatic heterocycles. The summed E-state index contributed by atoms with van der Waals surface area (Å²) in [5, 5.41) is 2.82. The van der Waals surface area contributed by atoms with Gasteiger partial charge in [0, 0.05) is 11.8 Å². The van der Waals surface area contributed by atoms with E-state index in [-0.39, 0.29) is 12.7 Å². The molecule has 0 aliphatic carbocycles. The third kappa shape index (κ3) is 4.50. The Morgan fingerprint density at radius 1 is 0.966 bits per heavy atom. The van der Waals surface area contributed by atoms with Crippen molar-refractivity contribution in [3.05, 3.63) is 78.4 Å². The molecule has 6 heteroatoms. The zero-order chi connectivity index (χ0) is 20.1. The zero-order valence-electron chi connectivity index (χ0n) is 15.8. The smallest absolute Gasteiger partial charge is 0.248 e. The Bertz CT molecular complexity index is 1040. The third-order valence-corrected chi connectivity index (χ3v) is 4.24. The molecule has 0 spiro atoms. The van der Waals surface area contributed by atoms with Gasteiger partial charge in [0.2, 0.25) is 12.7 Å². The van der Waals surface area contributed by atoms with E-state index in [1.54, 1.807) is 37.5 Å². The Kier molecular flexibility index (Phi) is 5.33. The first-order valence-electron chi connectivity index (χ1n) is 9.01. The van der Waals surface area contributed by atoms with Gasteiger partial charge < -0.3 is 24.3 Å². The Balaban J connectivity index is 1.36. The maximum Gasteiger partial charge on any atom is 0.248 e. The molecular formula is C23H19NO5. The molecule has 0 saturated heterocycles. The molecule has 3 aromatic carbocycles. The molecule has 0 bridgehead atoms. The van der Waals surface area contributed by atoms with E-state index in [4.69, 9.17) is 18.9 Å². The van der Waals surface area contributed by atoms with E-state index >= 15 is 0 Å². The molecule has 146 valence electrons. The van der Waals surface area contributed by atoms with Crippen molar-refractivity contribution in [2.45, 2.75) is 0 Å². The number of hydrogen-bond donors (Lipinski definition) is 1. The van der Waals surface area contributed by atoms with Crippen LogP contribution in [0.5, 0.6) is 28.7 Å². The summed E-state index contributed by atoms with van der Waals surface area (Å²) in [5.41, 5.74) is 1.52. The molecule has 0 atom stereocenters. The molecule has 1 aliphatic rings. The van der Waals surface area contributed by atoms with Gasteiger partial charge in [-0.2, -0.15) is 0 Å². The number of hydrogen-bond acceptors (Lipinski definition) is 5. The molecule has 0 unspecified atom stereocenters. The van der Waals surface area contributed by atoms with Crippen molar-refractivity contribution < 1.29 is 23.7 Å². The second-order valence-electron chi connectivity index (χ2n) is 6.21. The summed E-state index contributed by atoms with van der Waals surface area (Å²) in [6.45, 7) is 0.222. The average Bonchev–Trinajstić information content (AvgIpc) is 3.22. The number of carbonyl (C=O) groups is 1. The molecule has 1 amide bonds. The Morgan fingerprint density at radius 2 is 1.72 bits per heavy atom. The lowest BCUT2D eigenvalue weighted by Gasteiger charge is -2.10. The molecule has 29 heavy (non-hydrogen) atoms.